The first-order chi connectivity index (χ1) is 15.5. The maximum absolute atomic E-state index is 12.9. The van der Waals surface area contributed by atoms with Crippen LogP contribution in [0.2, 0.25) is 0 Å². The zero-order valence-electron chi connectivity index (χ0n) is 18.0. The van der Waals surface area contributed by atoms with Crippen molar-refractivity contribution < 1.29 is 19.2 Å². The Kier molecular flexibility index (Phi) is 3.96. The second kappa shape index (κ2) is 6.60. The zero-order valence-corrected chi connectivity index (χ0v) is 18.0. The molecule has 7 rings (SSSR count). The number of allylic oxidation sites excluding steroid dienone is 4. The van der Waals surface area contributed by atoms with Gasteiger partial charge in [-0.25, -0.2) is 0 Å². The van der Waals surface area contributed by atoms with E-state index < -0.39 is 0 Å². The molecule has 0 aromatic rings. The molecule has 3 aliphatic heterocycles. The van der Waals surface area contributed by atoms with Crippen LogP contribution >= 0.6 is 0 Å². The molecule has 0 N–H and O–H groups in total. The summed E-state index contributed by atoms with van der Waals surface area (Å²) < 4.78 is 0. The highest BCUT2D eigenvalue weighted by Crippen LogP contribution is 2.53. The smallest absolute Gasteiger partial charge is 0.234 e. The molecule has 4 aliphatic carbocycles. The summed E-state index contributed by atoms with van der Waals surface area (Å²) in [5.74, 6) is 0.394. The number of carbonyl (C=O) groups is 4. The van der Waals surface area contributed by atoms with Crippen LogP contribution in [0.3, 0.4) is 0 Å². The average molecular weight is 437 g/mol. The summed E-state index contributed by atoms with van der Waals surface area (Å²) in [5, 5.41) is 0. The first-order valence-electron chi connectivity index (χ1n) is 12.0. The molecule has 7 aliphatic rings. The topological polar surface area (TPSA) is 81.2 Å². The second-order valence-corrected chi connectivity index (χ2v) is 10.7. The van der Waals surface area contributed by atoms with E-state index in [1.165, 1.54) is 9.80 Å². The number of rotatable bonds is 4. The lowest BCUT2D eigenvalue weighted by Crippen LogP contribution is -2.54. The summed E-state index contributed by atoms with van der Waals surface area (Å²) in [5.41, 5.74) is 0. The number of likely N-dealkylation sites (tertiary alicyclic amines) is 2. The van der Waals surface area contributed by atoms with Gasteiger partial charge in [0.15, 0.2) is 0 Å². The maximum Gasteiger partial charge on any atom is 0.234 e. The van der Waals surface area contributed by atoms with Crippen molar-refractivity contribution in [1.29, 1.82) is 0 Å². The summed E-state index contributed by atoms with van der Waals surface area (Å²) >= 11 is 0. The van der Waals surface area contributed by atoms with Crippen LogP contribution in [0.15, 0.2) is 24.3 Å². The van der Waals surface area contributed by atoms with E-state index in [9.17, 15) is 19.2 Å². The molecule has 2 saturated carbocycles. The van der Waals surface area contributed by atoms with E-state index in [1.807, 2.05) is 0 Å². The molecule has 8 atom stereocenters. The lowest BCUT2D eigenvalue weighted by molar-refractivity contribution is -0.146. The van der Waals surface area contributed by atoms with Gasteiger partial charge in [0.05, 0.1) is 37.0 Å². The van der Waals surface area contributed by atoms with Crippen LogP contribution in [0, 0.1) is 47.3 Å². The molecule has 4 bridgehead atoms. The highest BCUT2D eigenvalue weighted by molar-refractivity contribution is 6.07. The van der Waals surface area contributed by atoms with E-state index >= 15 is 0 Å². The summed E-state index contributed by atoms with van der Waals surface area (Å²) in [4.78, 5) is 59.0. The molecule has 32 heavy (non-hydrogen) atoms. The second-order valence-electron chi connectivity index (χ2n) is 10.7. The largest absolute Gasteiger partial charge is 0.283 e. The molecule has 5 fully saturated rings. The minimum Gasteiger partial charge on any atom is -0.283 e. The third-order valence-electron chi connectivity index (χ3n) is 9.27. The molecular formula is C24H28N4O4. The van der Waals surface area contributed by atoms with Crippen LogP contribution in [0.25, 0.3) is 0 Å². The molecule has 3 saturated heterocycles. The third kappa shape index (κ3) is 2.45. The van der Waals surface area contributed by atoms with Crippen LogP contribution in [-0.4, -0.2) is 82.7 Å². The van der Waals surface area contributed by atoms with Crippen molar-refractivity contribution in [2.45, 2.75) is 12.8 Å². The van der Waals surface area contributed by atoms with Gasteiger partial charge in [-0.05, 0) is 36.5 Å². The van der Waals surface area contributed by atoms with Crippen molar-refractivity contribution in [3.8, 4) is 0 Å². The molecule has 0 spiro atoms. The number of hydrogen-bond donors (Lipinski definition) is 0. The first kappa shape index (κ1) is 19.2. The highest BCUT2D eigenvalue weighted by atomic mass is 16.2. The molecular weight excluding hydrogens is 408 g/mol. The first-order valence-corrected chi connectivity index (χ1v) is 12.0. The third-order valence-corrected chi connectivity index (χ3v) is 9.27. The average Bonchev–Trinajstić information content (AvgIpc) is 3.62. The minimum absolute atomic E-state index is 0.00215. The van der Waals surface area contributed by atoms with E-state index in [2.05, 4.69) is 34.1 Å². The van der Waals surface area contributed by atoms with Crippen molar-refractivity contribution >= 4 is 23.6 Å². The predicted octanol–water partition coefficient (Wildman–Crippen LogP) is 0.133. The number of fused-ring (bicyclic) bond motifs is 10. The fourth-order valence-electron chi connectivity index (χ4n) is 7.68. The molecule has 4 amide bonds. The minimum atomic E-state index is -0.143. The van der Waals surface area contributed by atoms with Crippen molar-refractivity contribution in [2.24, 2.45) is 47.3 Å². The van der Waals surface area contributed by atoms with E-state index in [1.54, 1.807) is 0 Å². The van der Waals surface area contributed by atoms with Gasteiger partial charge in [0.2, 0.25) is 23.6 Å². The summed E-state index contributed by atoms with van der Waals surface area (Å²) in [6.45, 7) is 3.58. The van der Waals surface area contributed by atoms with Crippen LogP contribution < -0.4 is 0 Å². The molecule has 0 aromatic carbocycles. The molecule has 0 unspecified atom stereocenters. The SMILES string of the molecule is O=C1[C@@H]2[C@@H](C(=O)N1CN1CCN(CN3C(=O)[C@@H]4[C@H](C3=O)[C@H]3C=C[C@H]4C3)CC1)[C@H]1C=C[C@@H]2C1. The summed E-state index contributed by atoms with van der Waals surface area (Å²) in [6, 6.07) is 0. The van der Waals surface area contributed by atoms with Crippen LogP contribution in [0.4, 0.5) is 0 Å². The maximum atomic E-state index is 12.9. The van der Waals surface area contributed by atoms with Crippen molar-refractivity contribution in [1.82, 2.24) is 19.6 Å². The standard InChI is InChI=1S/C24H28N4O4/c29-21-17-13-1-2-14(9-13)18(17)22(30)27(21)11-25-5-7-26(8-6-25)12-28-23(31)19-15-3-4-16(10-15)20(19)24(28)32/h1-4,13-20H,5-12H2/t13-,14-,15-,16+,17-,18+,19-,20-/m0/s1. The lowest BCUT2D eigenvalue weighted by Gasteiger charge is -2.37. The van der Waals surface area contributed by atoms with E-state index in [0.717, 1.165) is 12.8 Å². The quantitative estimate of drug-likeness (QED) is 0.461. The number of nitrogens with zero attached hydrogens (tertiary/aromatic N) is 4. The van der Waals surface area contributed by atoms with Crippen LogP contribution in [0.1, 0.15) is 12.8 Å². The van der Waals surface area contributed by atoms with Gasteiger partial charge in [-0.1, -0.05) is 24.3 Å². The summed E-state index contributed by atoms with van der Waals surface area (Å²) in [6.07, 6.45) is 10.4. The van der Waals surface area contributed by atoms with Gasteiger partial charge in [0, 0.05) is 26.2 Å². The van der Waals surface area contributed by atoms with Gasteiger partial charge in [-0.2, -0.15) is 0 Å². The molecule has 168 valence electrons. The van der Waals surface area contributed by atoms with Crippen molar-refractivity contribution in [2.75, 3.05) is 39.5 Å². The monoisotopic (exact) mass is 436 g/mol. The number of piperazine rings is 1. The Hall–Kier alpha value is -2.32. The number of carbonyl (C=O) groups excluding carboxylic acids is 4. The predicted molar refractivity (Wildman–Crippen MR) is 112 cm³/mol. The van der Waals surface area contributed by atoms with Crippen molar-refractivity contribution in [3.05, 3.63) is 24.3 Å². The highest BCUT2D eigenvalue weighted by Gasteiger charge is 2.60. The van der Waals surface area contributed by atoms with Gasteiger partial charge in [0.25, 0.3) is 0 Å². The van der Waals surface area contributed by atoms with Gasteiger partial charge in [-0.15, -0.1) is 0 Å². The molecule has 0 radical (unpaired) electrons. The molecule has 8 nitrogen and oxygen atoms in total. The Morgan fingerprint density at radius 2 is 0.812 bits per heavy atom. The Morgan fingerprint density at radius 3 is 1.09 bits per heavy atom. The van der Waals surface area contributed by atoms with E-state index in [-0.39, 0.29) is 71.0 Å². The van der Waals surface area contributed by atoms with E-state index in [0.29, 0.717) is 39.5 Å². The van der Waals surface area contributed by atoms with Gasteiger partial charge in [-0.3, -0.25) is 38.8 Å². The number of amides is 4. The summed E-state index contributed by atoms with van der Waals surface area (Å²) in [7, 11) is 0. The normalized spacial score (nSPS) is 44.6. The molecule has 0 aromatic heterocycles. The Bertz CT molecular complexity index is 844. The lowest BCUT2D eigenvalue weighted by atomic mass is 9.85. The van der Waals surface area contributed by atoms with Gasteiger partial charge < -0.3 is 0 Å². The molecule has 3 heterocycles. The number of hydrogen-bond acceptors (Lipinski definition) is 6. The van der Waals surface area contributed by atoms with Crippen LogP contribution in [0.5, 0.6) is 0 Å². The van der Waals surface area contributed by atoms with Gasteiger partial charge in [0.1, 0.15) is 0 Å². The fraction of sp³-hybridized carbons (Fsp3) is 0.667. The van der Waals surface area contributed by atoms with Crippen molar-refractivity contribution in [3.63, 3.8) is 0 Å². The fourth-order valence-corrected chi connectivity index (χ4v) is 7.68. The Balaban J connectivity index is 0.956. The van der Waals surface area contributed by atoms with Crippen LogP contribution in [-0.2, 0) is 19.2 Å². The number of imide groups is 2. The van der Waals surface area contributed by atoms with Gasteiger partial charge >= 0.3 is 0 Å². The zero-order chi connectivity index (χ0) is 21.7. The van der Waals surface area contributed by atoms with E-state index in [4.69, 9.17) is 0 Å². The Labute approximate surface area is 186 Å². The Morgan fingerprint density at radius 1 is 0.531 bits per heavy atom. The molecule has 8 heteroatoms.